The van der Waals surface area contributed by atoms with Crippen LogP contribution in [0.5, 0.6) is 0 Å². The van der Waals surface area contributed by atoms with E-state index in [4.69, 9.17) is 0 Å². The molecule has 5 rings (SSSR count). The predicted molar refractivity (Wildman–Crippen MR) is 118 cm³/mol. The summed E-state index contributed by atoms with van der Waals surface area (Å²) in [4.78, 5) is 41.0. The van der Waals surface area contributed by atoms with Crippen molar-refractivity contribution in [3.05, 3.63) is 65.5 Å². The highest BCUT2D eigenvalue weighted by Crippen LogP contribution is 2.41. The zero-order chi connectivity index (χ0) is 24.1. The number of benzene rings is 2. The van der Waals surface area contributed by atoms with Gasteiger partial charge in [-0.1, -0.05) is 30.3 Å². The van der Waals surface area contributed by atoms with Gasteiger partial charge < -0.3 is 10.2 Å². The Balaban J connectivity index is 1.24. The molecule has 1 unspecified atom stereocenters. The molecule has 2 fully saturated rings. The van der Waals surface area contributed by atoms with Crippen molar-refractivity contribution in [1.29, 1.82) is 0 Å². The molecule has 9 nitrogen and oxygen atoms in total. The minimum atomic E-state index is -3.89. The summed E-state index contributed by atoms with van der Waals surface area (Å²) >= 11 is 0. The van der Waals surface area contributed by atoms with Gasteiger partial charge in [0.05, 0.1) is 4.90 Å². The van der Waals surface area contributed by atoms with Gasteiger partial charge in [0.1, 0.15) is 17.9 Å². The molecule has 2 aromatic carbocycles. The quantitative estimate of drug-likeness (QED) is 0.651. The number of rotatable bonds is 4. The van der Waals surface area contributed by atoms with E-state index in [1.807, 2.05) is 24.3 Å². The summed E-state index contributed by atoms with van der Waals surface area (Å²) in [5.74, 6) is -1.52. The summed E-state index contributed by atoms with van der Waals surface area (Å²) in [6.45, 7) is -0.147. The Morgan fingerprint density at radius 1 is 1.03 bits per heavy atom. The van der Waals surface area contributed by atoms with Gasteiger partial charge in [-0.3, -0.25) is 14.5 Å². The first-order valence-corrected chi connectivity index (χ1v) is 12.4. The maximum absolute atomic E-state index is 13.5. The van der Waals surface area contributed by atoms with Crippen LogP contribution in [0.15, 0.2) is 53.4 Å². The second-order valence-corrected chi connectivity index (χ2v) is 10.6. The maximum Gasteiger partial charge on any atom is 0.325 e. The highest BCUT2D eigenvalue weighted by molar-refractivity contribution is 7.89. The highest BCUT2D eigenvalue weighted by Gasteiger charge is 2.55. The molecule has 1 aliphatic carbocycles. The zero-order valence-corrected chi connectivity index (χ0v) is 19.1. The van der Waals surface area contributed by atoms with E-state index in [1.165, 1.54) is 27.4 Å². The second-order valence-electron chi connectivity index (χ2n) is 8.63. The molecule has 2 aromatic rings. The van der Waals surface area contributed by atoms with Gasteiger partial charge in [-0.05, 0) is 42.2 Å². The molecule has 2 aliphatic heterocycles. The molecule has 4 amide bonds. The summed E-state index contributed by atoms with van der Waals surface area (Å²) in [5, 5.41) is 2.79. The van der Waals surface area contributed by atoms with Gasteiger partial charge in [-0.25, -0.2) is 17.6 Å². The van der Waals surface area contributed by atoms with Crippen molar-refractivity contribution in [1.82, 2.24) is 19.4 Å². The second kappa shape index (κ2) is 8.17. The van der Waals surface area contributed by atoms with E-state index in [-0.39, 0.29) is 31.1 Å². The van der Waals surface area contributed by atoms with Crippen molar-refractivity contribution in [2.24, 2.45) is 0 Å². The molecule has 11 heteroatoms. The number of carbonyl (C=O) groups is 3. The zero-order valence-electron chi connectivity index (χ0n) is 18.2. The van der Waals surface area contributed by atoms with Gasteiger partial charge in [0, 0.05) is 26.2 Å². The summed E-state index contributed by atoms with van der Waals surface area (Å²) in [7, 11) is -3.89. The first kappa shape index (κ1) is 22.5. The van der Waals surface area contributed by atoms with E-state index in [1.54, 1.807) is 0 Å². The highest BCUT2D eigenvalue weighted by atomic mass is 32.2. The topological polar surface area (TPSA) is 107 Å². The van der Waals surface area contributed by atoms with E-state index >= 15 is 0 Å². The van der Waals surface area contributed by atoms with E-state index in [2.05, 4.69) is 5.32 Å². The average Bonchev–Trinajstić information content (AvgIpc) is 3.32. The lowest BCUT2D eigenvalue weighted by atomic mass is 9.92. The fraction of sp³-hybridized carbons (Fsp3) is 0.348. The third-order valence-electron chi connectivity index (χ3n) is 6.74. The molecule has 0 aromatic heterocycles. The number of nitrogens with zero attached hydrogens (tertiary/aromatic N) is 3. The van der Waals surface area contributed by atoms with Crippen molar-refractivity contribution >= 4 is 27.9 Å². The maximum atomic E-state index is 13.5. The average molecular weight is 487 g/mol. The normalized spacial score (nSPS) is 22.9. The minimum absolute atomic E-state index is 0.0298. The molecule has 3 aliphatic rings. The monoisotopic (exact) mass is 486 g/mol. The Hall–Kier alpha value is -3.31. The summed E-state index contributed by atoms with van der Waals surface area (Å²) in [6, 6.07) is 11.6. The van der Waals surface area contributed by atoms with Crippen molar-refractivity contribution < 1.29 is 27.2 Å². The van der Waals surface area contributed by atoms with Crippen molar-refractivity contribution in [2.75, 3.05) is 32.7 Å². The number of hydrogen-bond acceptors (Lipinski definition) is 5. The number of hydrogen-bond donors (Lipinski definition) is 1. The number of aryl methyl sites for hydroxylation is 1. The number of sulfonamides is 1. The van der Waals surface area contributed by atoms with Crippen molar-refractivity contribution in [3.63, 3.8) is 0 Å². The van der Waals surface area contributed by atoms with E-state index in [9.17, 15) is 27.2 Å². The predicted octanol–water partition coefficient (Wildman–Crippen LogP) is 1.05. The lowest BCUT2D eigenvalue weighted by molar-refractivity contribution is -0.139. The summed E-state index contributed by atoms with van der Waals surface area (Å²) in [5.41, 5.74) is 0.630. The summed E-state index contributed by atoms with van der Waals surface area (Å²) in [6.07, 6.45) is 1.10. The number of imide groups is 1. The number of carbonyl (C=O) groups excluding carboxylic acids is 3. The van der Waals surface area contributed by atoms with Crippen LogP contribution < -0.4 is 5.32 Å². The van der Waals surface area contributed by atoms with Gasteiger partial charge in [0.2, 0.25) is 15.9 Å². The molecule has 1 spiro atoms. The summed E-state index contributed by atoms with van der Waals surface area (Å²) < 4.78 is 40.2. The van der Waals surface area contributed by atoms with Crippen LogP contribution in [0.4, 0.5) is 9.18 Å². The third kappa shape index (κ3) is 3.55. The van der Waals surface area contributed by atoms with Crippen LogP contribution in [0.3, 0.4) is 0 Å². The largest absolute Gasteiger partial charge is 0.338 e. The van der Waals surface area contributed by atoms with Crippen LogP contribution in [0.25, 0.3) is 0 Å². The first-order chi connectivity index (χ1) is 16.2. The Morgan fingerprint density at radius 3 is 2.50 bits per heavy atom. The molecule has 0 saturated carbocycles. The molecule has 1 atom stereocenters. The Kier molecular flexibility index (Phi) is 5.40. The van der Waals surface area contributed by atoms with Gasteiger partial charge in [0.15, 0.2) is 0 Å². The fourth-order valence-corrected chi connectivity index (χ4v) is 6.38. The van der Waals surface area contributed by atoms with E-state index < -0.39 is 45.8 Å². The minimum Gasteiger partial charge on any atom is -0.338 e. The number of urea groups is 1. The molecule has 178 valence electrons. The van der Waals surface area contributed by atoms with Crippen LogP contribution in [-0.4, -0.2) is 73.1 Å². The lowest BCUT2D eigenvalue weighted by Gasteiger charge is -2.34. The van der Waals surface area contributed by atoms with Gasteiger partial charge in [0.25, 0.3) is 5.91 Å². The van der Waals surface area contributed by atoms with Gasteiger partial charge in [-0.2, -0.15) is 4.31 Å². The molecular formula is C23H23FN4O5S. The van der Waals surface area contributed by atoms with Crippen LogP contribution in [0, 0.1) is 5.82 Å². The number of piperazine rings is 1. The van der Waals surface area contributed by atoms with Crippen LogP contribution in [-0.2, 0) is 31.6 Å². The third-order valence-corrected chi connectivity index (χ3v) is 8.64. The van der Waals surface area contributed by atoms with E-state index in [0.717, 1.165) is 22.1 Å². The van der Waals surface area contributed by atoms with Crippen LogP contribution in [0.2, 0.25) is 0 Å². The molecule has 0 bridgehead atoms. The smallest absolute Gasteiger partial charge is 0.325 e. The van der Waals surface area contributed by atoms with Crippen molar-refractivity contribution in [2.45, 2.75) is 23.3 Å². The molecule has 1 N–H and O–H groups in total. The molecule has 2 heterocycles. The lowest BCUT2D eigenvalue weighted by Crippen LogP contribution is -2.53. The Morgan fingerprint density at radius 2 is 1.76 bits per heavy atom. The Labute approximate surface area is 196 Å². The Bertz CT molecular complexity index is 1290. The molecule has 34 heavy (non-hydrogen) atoms. The molecule has 2 saturated heterocycles. The van der Waals surface area contributed by atoms with E-state index in [0.29, 0.717) is 12.8 Å². The molecular weight excluding hydrogens is 463 g/mol. The number of fused-ring (bicyclic) bond motifs is 2. The molecule has 0 radical (unpaired) electrons. The number of halogens is 1. The van der Waals surface area contributed by atoms with Gasteiger partial charge in [-0.15, -0.1) is 0 Å². The number of nitrogens with one attached hydrogen (secondary N) is 1. The van der Waals surface area contributed by atoms with Gasteiger partial charge >= 0.3 is 6.03 Å². The first-order valence-electron chi connectivity index (χ1n) is 11.0. The van der Waals surface area contributed by atoms with Crippen molar-refractivity contribution in [3.8, 4) is 0 Å². The fourth-order valence-electron chi connectivity index (χ4n) is 4.92. The SMILES string of the molecule is O=C(CN1C(=O)NC2(CCc3ccccc32)C1=O)N1CCN(S(=O)(=O)c2cccc(F)c2)CC1. The van der Waals surface area contributed by atoms with Crippen LogP contribution >= 0.6 is 0 Å². The number of amides is 4. The van der Waals surface area contributed by atoms with Crippen LogP contribution in [0.1, 0.15) is 17.5 Å². The standard InChI is InChI=1S/C23H23FN4O5S/c24-17-5-3-6-18(14-17)34(32,33)27-12-10-26(11-13-27)20(29)15-28-21(30)23(25-22(28)31)9-8-16-4-1-2-7-19(16)23/h1-7,14H,8-13,15H2,(H,25,31).